The molecule has 3 heteroatoms. The molecule has 0 amide bonds. The summed E-state index contributed by atoms with van der Waals surface area (Å²) in [6.07, 6.45) is 9.99. The molecule has 0 spiro atoms. The van der Waals surface area contributed by atoms with Gasteiger partial charge < -0.3 is 10.5 Å². The molecule has 1 aliphatic carbocycles. The molecule has 0 aliphatic heterocycles. The molecule has 0 fully saturated rings. The lowest BCUT2D eigenvalue weighted by Gasteiger charge is -2.18. The monoisotopic (exact) mass is 197 g/mol. The van der Waals surface area contributed by atoms with E-state index in [4.69, 9.17) is 10.5 Å². The molecule has 0 aromatic heterocycles. The van der Waals surface area contributed by atoms with Crippen LogP contribution in [-0.4, -0.2) is 18.6 Å². The molecule has 1 atom stereocenters. The third-order valence-corrected chi connectivity index (χ3v) is 2.37. The minimum atomic E-state index is -0.151. The van der Waals surface area contributed by atoms with Gasteiger partial charge in [0.15, 0.2) is 0 Å². The fraction of sp³-hybridized carbons (Fsp3) is 0.727. The Bertz CT molecular complexity index is 201. The van der Waals surface area contributed by atoms with Crippen molar-refractivity contribution in [3.63, 3.8) is 0 Å². The second-order valence-electron chi connectivity index (χ2n) is 3.63. The normalized spacial score (nSPS) is 24.8. The number of allylic oxidation sites excluding steroid dienone is 2. The summed E-state index contributed by atoms with van der Waals surface area (Å²) >= 11 is 0. The number of nitrogens with two attached hydrogens (primary N) is 1. The van der Waals surface area contributed by atoms with Gasteiger partial charge in [-0.1, -0.05) is 12.2 Å². The SMILES string of the molecule is NCCC(=O)OC1CC/C=C/CCC1. The van der Waals surface area contributed by atoms with Crippen LogP contribution in [0.25, 0.3) is 0 Å². The lowest BCUT2D eigenvalue weighted by Crippen LogP contribution is -2.20. The summed E-state index contributed by atoms with van der Waals surface area (Å²) in [4.78, 5) is 11.2. The summed E-state index contributed by atoms with van der Waals surface area (Å²) in [5, 5.41) is 0. The van der Waals surface area contributed by atoms with Gasteiger partial charge in [-0.25, -0.2) is 0 Å². The maximum atomic E-state index is 11.2. The van der Waals surface area contributed by atoms with Gasteiger partial charge in [0.05, 0.1) is 6.42 Å². The van der Waals surface area contributed by atoms with Crippen LogP contribution in [0.15, 0.2) is 12.2 Å². The zero-order valence-corrected chi connectivity index (χ0v) is 8.58. The summed E-state index contributed by atoms with van der Waals surface area (Å²) in [7, 11) is 0. The van der Waals surface area contributed by atoms with E-state index in [0.717, 1.165) is 32.1 Å². The van der Waals surface area contributed by atoms with Gasteiger partial charge in [0, 0.05) is 6.54 Å². The number of rotatable bonds is 3. The number of esters is 1. The van der Waals surface area contributed by atoms with Crippen LogP contribution >= 0.6 is 0 Å². The van der Waals surface area contributed by atoms with Gasteiger partial charge in [0.2, 0.25) is 0 Å². The highest BCUT2D eigenvalue weighted by Crippen LogP contribution is 2.15. The smallest absolute Gasteiger partial charge is 0.307 e. The van der Waals surface area contributed by atoms with Crippen LogP contribution in [0.2, 0.25) is 0 Å². The number of hydrogen-bond acceptors (Lipinski definition) is 3. The van der Waals surface area contributed by atoms with Crippen LogP contribution in [0.3, 0.4) is 0 Å². The average Bonchev–Trinajstić information content (AvgIpc) is 2.10. The van der Waals surface area contributed by atoms with Crippen molar-refractivity contribution >= 4 is 5.97 Å². The largest absolute Gasteiger partial charge is 0.462 e. The zero-order chi connectivity index (χ0) is 10.2. The van der Waals surface area contributed by atoms with Crippen LogP contribution in [0.1, 0.15) is 38.5 Å². The molecule has 1 rings (SSSR count). The second kappa shape index (κ2) is 6.60. The first-order valence-electron chi connectivity index (χ1n) is 5.37. The van der Waals surface area contributed by atoms with Crippen molar-refractivity contribution in [1.29, 1.82) is 0 Å². The summed E-state index contributed by atoms with van der Waals surface area (Å²) in [5.41, 5.74) is 5.28. The van der Waals surface area contributed by atoms with Crippen molar-refractivity contribution in [1.82, 2.24) is 0 Å². The van der Waals surface area contributed by atoms with Gasteiger partial charge in [0.25, 0.3) is 0 Å². The Labute approximate surface area is 85.3 Å². The molecule has 0 bridgehead atoms. The molecular weight excluding hydrogens is 178 g/mol. The topological polar surface area (TPSA) is 52.3 Å². The molecule has 0 radical (unpaired) electrons. The van der Waals surface area contributed by atoms with Crippen molar-refractivity contribution in [2.45, 2.75) is 44.6 Å². The summed E-state index contributed by atoms with van der Waals surface area (Å²) in [6.45, 7) is 0.380. The Hall–Kier alpha value is -0.830. The number of carbonyl (C=O) groups excluding carboxylic acids is 1. The maximum Gasteiger partial charge on any atom is 0.307 e. The Balaban J connectivity index is 2.27. The standard InChI is InChI=1S/C11H19NO2/c12-9-8-11(13)14-10-6-4-2-1-3-5-7-10/h1-2,10H,3-9,12H2/b2-1+. The zero-order valence-electron chi connectivity index (χ0n) is 8.58. The minimum absolute atomic E-state index is 0.110. The van der Waals surface area contributed by atoms with Crippen LogP contribution in [0.5, 0.6) is 0 Å². The van der Waals surface area contributed by atoms with E-state index in [2.05, 4.69) is 12.2 Å². The second-order valence-corrected chi connectivity index (χ2v) is 3.63. The first-order chi connectivity index (χ1) is 6.83. The van der Waals surface area contributed by atoms with Crippen LogP contribution < -0.4 is 5.73 Å². The third kappa shape index (κ3) is 4.42. The third-order valence-electron chi connectivity index (χ3n) is 2.37. The minimum Gasteiger partial charge on any atom is -0.462 e. The van der Waals surface area contributed by atoms with E-state index in [1.165, 1.54) is 0 Å². The first kappa shape index (κ1) is 11.2. The molecule has 3 nitrogen and oxygen atoms in total. The van der Waals surface area contributed by atoms with Crippen LogP contribution in [0, 0.1) is 0 Å². The Morgan fingerprint density at radius 3 is 2.93 bits per heavy atom. The quantitative estimate of drug-likeness (QED) is 0.554. The van der Waals surface area contributed by atoms with Gasteiger partial charge in [-0.05, 0) is 32.1 Å². The van der Waals surface area contributed by atoms with Crippen molar-refractivity contribution < 1.29 is 9.53 Å². The molecule has 1 aliphatic rings. The molecule has 0 saturated heterocycles. The van der Waals surface area contributed by atoms with E-state index in [1.807, 2.05) is 0 Å². The molecule has 14 heavy (non-hydrogen) atoms. The molecular formula is C11H19NO2. The highest BCUT2D eigenvalue weighted by molar-refractivity contribution is 5.69. The lowest BCUT2D eigenvalue weighted by atomic mass is 10.0. The molecule has 0 aromatic rings. The van der Waals surface area contributed by atoms with Gasteiger partial charge in [0.1, 0.15) is 6.10 Å². The van der Waals surface area contributed by atoms with Crippen LogP contribution in [0.4, 0.5) is 0 Å². The van der Waals surface area contributed by atoms with Crippen molar-refractivity contribution in [2.75, 3.05) is 6.54 Å². The van der Waals surface area contributed by atoms with Crippen molar-refractivity contribution in [3.8, 4) is 0 Å². The molecule has 2 N–H and O–H groups in total. The lowest BCUT2D eigenvalue weighted by molar-refractivity contribution is -0.149. The molecule has 1 unspecified atom stereocenters. The predicted molar refractivity (Wildman–Crippen MR) is 55.8 cm³/mol. The number of carbonyl (C=O) groups is 1. The first-order valence-corrected chi connectivity index (χ1v) is 5.37. The van der Waals surface area contributed by atoms with E-state index >= 15 is 0 Å². The van der Waals surface area contributed by atoms with E-state index in [1.54, 1.807) is 0 Å². The van der Waals surface area contributed by atoms with Crippen molar-refractivity contribution in [3.05, 3.63) is 12.2 Å². The van der Waals surface area contributed by atoms with E-state index in [0.29, 0.717) is 13.0 Å². The maximum absolute atomic E-state index is 11.2. The van der Waals surface area contributed by atoms with Crippen molar-refractivity contribution in [2.24, 2.45) is 5.73 Å². The average molecular weight is 197 g/mol. The Kier molecular flexibility index (Phi) is 5.30. The Morgan fingerprint density at radius 2 is 2.14 bits per heavy atom. The highest BCUT2D eigenvalue weighted by Gasteiger charge is 2.13. The summed E-state index contributed by atoms with van der Waals surface area (Å²) < 4.78 is 5.31. The van der Waals surface area contributed by atoms with Gasteiger partial charge in [-0.15, -0.1) is 0 Å². The van der Waals surface area contributed by atoms with Crippen LogP contribution in [-0.2, 0) is 9.53 Å². The highest BCUT2D eigenvalue weighted by atomic mass is 16.5. The van der Waals surface area contributed by atoms with Gasteiger partial charge in [-0.2, -0.15) is 0 Å². The molecule has 80 valence electrons. The van der Waals surface area contributed by atoms with Gasteiger partial charge >= 0.3 is 5.97 Å². The fourth-order valence-corrected chi connectivity index (χ4v) is 1.61. The summed E-state index contributed by atoms with van der Waals surface area (Å²) in [6, 6.07) is 0. The molecule has 0 heterocycles. The predicted octanol–water partition coefficient (Wildman–Crippen LogP) is 1.77. The van der Waals surface area contributed by atoms with E-state index in [9.17, 15) is 4.79 Å². The number of ether oxygens (including phenoxy) is 1. The summed E-state index contributed by atoms with van der Waals surface area (Å²) in [5.74, 6) is -0.151. The van der Waals surface area contributed by atoms with Gasteiger partial charge in [-0.3, -0.25) is 4.79 Å². The number of hydrogen-bond donors (Lipinski definition) is 1. The van der Waals surface area contributed by atoms with E-state index in [-0.39, 0.29) is 12.1 Å². The molecule has 0 saturated carbocycles. The van der Waals surface area contributed by atoms with E-state index < -0.39 is 0 Å². The Morgan fingerprint density at radius 1 is 1.36 bits per heavy atom. The fourth-order valence-electron chi connectivity index (χ4n) is 1.61. The molecule has 0 aromatic carbocycles.